The van der Waals surface area contributed by atoms with Gasteiger partial charge in [-0.25, -0.2) is 0 Å². The summed E-state index contributed by atoms with van der Waals surface area (Å²) in [6.45, 7) is 3.19. The average molecular weight is 511 g/mol. The molecule has 1 aliphatic heterocycles. The van der Waals surface area contributed by atoms with E-state index in [4.69, 9.17) is 9.47 Å². The van der Waals surface area contributed by atoms with Crippen molar-refractivity contribution in [2.75, 3.05) is 44.4 Å². The molecule has 2 fully saturated rings. The van der Waals surface area contributed by atoms with E-state index >= 15 is 0 Å². The fraction of sp³-hybridized carbons (Fsp3) is 0.333. The van der Waals surface area contributed by atoms with Crippen LogP contribution in [0, 0.1) is 16.7 Å². The van der Waals surface area contributed by atoms with Crippen LogP contribution in [0.25, 0.3) is 33.4 Å². The standard InChI is InChI=1S/C30H30N4O4/c31-17-22-13-21(3-6-28(22)38-24-15-30(16-24,18-35)19-36)29-25-14-27(33-26(25)7-8-32-29)20-1-4-23(5-2-20)34-9-11-37-12-10-34/h1-8,13-14,24,33,35-36H,9-12,15-16,18-19H2. The molecule has 0 atom stereocenters. The van der Waals surface area contributed by atoms with E-state index in [1.54, 1.807) is 6.20 Å². The summed E-state index contributed by atoms with van der Waals surface area (Å²) in [6.07, 6.45) is 2.77. The summed E-state index contributed by atoms with van der Waals surface area (Å²) in [5.74, 6) is 0.507. The highest BCUT2D eigenvalue weighted by Gasteiger charge is 2.45. The Labute approximate surface area is 221 Å². The van der Waals surface area contributed by atoms with Gasteiger partial charge in [-0.2, -0.15) is 5.26 Å². The molecule has 1 saturated carbocycles. The third-order valence-corrected chi connectivity index (χ3v) is 7.76. The predicted molar refractivity (Wildman–Crippen MR) is 145 cm³/mol. The van der Waals surface area contributed by atoms with Gasteiger partial charge in [0, 0.05) is 52.5 Å². The molecular formula is C30H30N4O4. The number of benzene rings is 2. The maximum atomic E-state index is 9.82. The Morgan fingerprint density at radius 1 is 1.03 bits per heavy atom. The second-order valence-corrected chi connectivity index (χ2v) is 10.2. The molecule has 2 aromatic carbocycles. The molecule has 0 unspecified atom stereocenters. The van der Waals surface area contributed by atoms with Crippen molar-refractivity contribution in [3.05, 3.63) is 66.4 Å². The molecule has 2 aliphatic rings. The first kappa shape index (κ1) is 24.4. The SMILES string of the molecule is N#Cc1cc(-c2nccc3[nH]c(-c4ccc(N5CCOCC5)cc4)cc23)ccc1OC1CC(CO)(CO)C1. The number of anilines is 1. The summed E-state index contributed by atoms with van der Waals surface area (Å²) >= 11 is 0. The number of fused-ring (bicyclic) bond motifs is 1. The summed E-state index contributed by atoms with van der Waals surface area (Å²) in [4.78, 5) is 10.5. The zero-order valence-electron chi connectivity index (χ0n) is 21.1. The third kappa shape index (κ3) is 4.50. The van der Waals surface area contributed by atoms with Crippen LogP contribution in [0.3, 0.4) is 0 Å². The van der Waals surface area contributed by atoms with Crippen molar-refractivity contribution in [3.8, 4) is 34.3 Å². The lowest BCUT2D eigenvalue weighted by atomic mass is 9.68. The number of aromatic amines is 1. The van der Waals surface area contributed by atoms with Gasteiger partial charge in [-0.05, 0) is 60.9 Å². The molecule has 0 radical (unpaired) electrons. The lowest BCUT2D eigenvalue weighted by molar-refractivity contribution is -0.0812. The van der Waals surface area contributed by atoms with E-state index in [9.17, 15) is 15.5 Å². The topological polar surface area (TPSA) is 115 Å². The van der Waals surface area contributed by atoms with Crippen LogP contribution in [0.4, 0.5) is 5.69 Å². The number of nitrogens with zero attached hydrogens (tertiary/aromatic N) is 3. The molecule has 8 nitrogen and oxygen atoms in total. The number of morpholine rings is 1. The molecule has 2 aromatic heterocycles. The van der Waals surface area contributed by atoms with Crippen molar-refractivity contribution >= 4 is 16.6 Å². The highest BCUT2D eigenvalue weighted by atomic mass is 16.5. The van der Waals surface area contributed by atoms with Gasteiger partial charge in [-0.15, -0.1) is 0 Å². The van der Waals surface area contributed by atoms with Crippen LogP contribution >= 0.6 is 0 Å². The molecule has 4 aromatic rings. The van der Waals surface area contributed by atoms with Gasteiger partial charge in [0.2, 0.25) is 0 Å². The summed E-state index contributed by atoms with van der Waals surface area (Å²) in [6, 6.07) is 20.4. The quantitative estimate of drug-likeness (QED) is 0.343. The molecule has 38 heavy (non-hydrogen) atoms. The Kier molecular flexibility index (Phi) is 6.50. The Bertz CT molecular complexity index is 1470. The van der Waals surface area contributed by atoms with Crippen molar-refractivity contribution < 1.29 is 19.7 Å². The highest BCUT2D eigenvalue weighted by molar-refractivity contribution is 5.96. The fourth-order valence-corrected chi connectivity index (χ4v) is 5.46. The first-order valence-electron chi connectivity index (χ1n) is 13.0. The number of hydrogen-bond donors (Lipinski definition) is 3. The monoisotopic (exact) mass is 510 g/mol. The summed E-state index contributed by atoms with van der Waals surface area (Å²) in [5.41, 5.74) is 5.84. The van der Waals surface area contributed by atoms with Crippen LogP contribution in [0.15, 0.2) is 60.8 Å². The fourth-order valence-electron chi connectivity index (χ4n) is 5.46. The molecule has 0 amide bonds. The van der Waals surface area contributed by atoms with E-state index in [0.29, 0.717) is 24.2 Å². The summed E-state index contributed by atoms with van der Waals surface area (Å²) in [5, 5.41) is 29.9. The van der Waals surface area contributed by atoms with Gasteiger partial charge in [-0.1, -0.05) is 12.1 Å². The average Bonchev–Trinajstić information content (AvgIpc) is 3.40. The Morgan fingerprint density at radius 2 is 1.76 bits per heavy atom. The van der Waals surface area contributed by atoms with Crippen molar-refractivity contribution in [2.24, 2.45) is 5.41 Å². The third-order valence-electron chi connectivity index (χ3n) is 7.76. The number of hydrogen-bond acceptors (Lipinski definition) is 7. The van der Waals surface area contributed by atoms with E-state index < -0.39 is 5.41 Å². The zero-order valence-corrected chi connectivity index (χ0v) is 21.1. The number of aromatic nitrogens is 2. The first-order valence-corrected chi connectivity index (χ1v) is 13.0. The molecule has 3 heterocycles. The summed E-state index contributed by atoms with van der Waals surface area (Å²) < 4.78 is 11.5. The van der Waals surface area contributed by atoms with Crippen molar-refractivity contribution in [1.82, 2.24) is 9.97 Å². The van der Waals surface area contributed by atoms with Crippen LogP contribution in [-0.2, 0) is 4.74 Å². The maximum absolute atomic E-state index is 9.82. The molecule has 194 valence electrons. The van der Waals surface area contributed by atoms with Gasteiger partial charge in [-0.3, -0.25) is 4.98 Å². The molecule has 0 bridgehead atoms. The molecule has 1 saturated heterocycles. The van der Waals surface area contributed by atoms with Gasteiger partial charge in [0.05, 0.1) is 37.7 Å². The maximum Gasteiger partial charge on any atom is 0.137 e. The molecule has 1 aliphatic carbocycles. The van der Waals surface area contributed by atoms with Crippen LogP contribution in [0.1, 0.15) is 18.4 Å². The zero-order chi connectivity index (χ0) is 26.1. The predicted octanol–water partition coefficient (Wildman–Crippen LogP) is 4.12. The van der Waals surface area contributed by atoms with Crippen LogP contribution in [-0.4, -0.2) is 65.8 Å². The molecule has 3 N–H and O–H groups in total. The first-order chi connectivity index (χ1) is 18.6. The van der Waals surface area contributed by atoms with Crippen molar-refractivity contribution in [2.45, 2.75) is 18.9 Å². The van der Waals surface area contributed by atoms with Crippen molar-refractivity contribution in [1.29, 1.82) is 5.26 Å². The molecule has 6 rings (SSSR count). The van der Waals surface area contributed by atoms with Gasteiger partial charge in [0.25, 0.3) is 0 Å². The van der Waals surface area contributed by atoms with E-state index in [1.165, 1.54) is 5.69 Å². The largest absolute Gasteiger partial charge is 0.489 e. The van der Waals surface area contributed by atoms with E-state index in [1.807, 2.05) is 24.3 Å². The smallest absolute Gasteiger partial charge is 0.137 e. The Balaban J connectivity index is 1.25. The minimum Gasteiger partial charge on any atom is -0.489 e. The lowest BCUT2D eigenvalue weighted by Gasteiger charge is -2.44. The van der Waals surface area contributed by atoms with Gasteiger partial charge < -0.3 is 29.6 Å². The second-order valence-electron chi connectivity index (χ2n) is 10.2. The van der Waals surface area contributed by atoms with Gasteiger partial charge in [0.1, 0.15) is 17.9 Å². The number of aliphatic hydroxyl groups excluding tert-OH is 2. The summed E-state index contributed by atoms with van der Waals surface area (Å²) in [7, 11) is 0. The van der Waals surface area contributed by atoms with Crippen LogP contribution < -0.4 is 9.64 Å². The minimum absolute atomic E-state index is 0.0697. The number of aliphatic hydroxyl groups is 2. The van der Waals surface area contributed by atoms with Crippen LogP contribution in [0.2, 0.25) is 0 Å². The van der Waals surface area contributed by atoms with Crippen molar-refractivity contribution in [3.63, 3.8) is 0 Å². The van der Waals surface area contributed by atoms with Gasteiger partial charge >= 0.3 is 0 Å². The molecule has 0 spiro atoms. The second kappa shape index (κ2) is 10.1. The number of rotatable bonds is 7. The number of pyridine rings is 1. The number of ether oxygens (including phenoxy) is 2. The lowest BCUT2D eigenvalue weighted by Crippen LogP contribution is -2.49. The number of H-pyrrole nitrogens is 1. The van der Waals surface area contributed by atoms with E-state index in [2.05, 4.69) is 51.3 Å². The molecule has 8 heteroatoms. The Hall–Kier alpha value is -3.90. The van der Waals surface area contributed by atoms with E-state index in [-0.39, 0.29) is 19.3 Å². The van der Waals surface area contributed by atoms with E-state index in [0.717, 1.165) is 59.7 Å². The minimum atomic E-state index is -0.480. The Morgan fingerprint density at radius 3 is 2.47 bits per heavy atom. The number of nitrogens with one attached hydrogen (secondary N) is 1. The van der Waals surface area contributed by atoms with Gasteiger partial charge in [0.15, 0.2) is 0 Å². The number of nitriles is 1. The van der Waals surface area contributed by atoms with Crippen LogP contribution in [0.5, 0.6) is 5.75 Å². The normalized spacial score (nSPS) is 17.2. The molecular weight excluding hydrogens is 480 g/mol. The highest BCUT2D eigenvalue weighted by Crippen LogP contribution is 2.43.